The average Bonchev–Trinajstić information content (AvgIpc) is 3.00. The fourth-order valence-corrected chi connectivity index (χ4v) is 2.04. The maximum absolute atomic E-state index is 12.1. The van der Waals surface area contributed by atoms with Gasteiger partial charge in [0.05, 0.1) is 17.5 Å². The van der Waals surface area contributed by atoms with Gasteiger partial charge in [-0.15, -0.1) is 0 Å². The molecule has 6 nitrogen and oxygen atoms in total. The summed E-state index contributed by atoms with van der Waals surface area (Å²) in [4.78, 5) is 20.3. The number of aryl methyl sites for hydroxylation is 1. The molecule has 6 heteroatoms. The van der Waals surface area contributed by atoms with Gasteiger partial charge in [0, 0.05) is 43.9 Å². The summed E-state index contributed by atoms with van der Waals surface area (Å²) >= 11 is 0. The summed E-state index contributed by atoms with van der Waals surface area (Å²) in [5.74, 6) is -0.151. The summed E-state index contributed by atoms with van der Waals surface area (Å²) in [6, 6.07) is 7.31. The number of nitrogens with zero attached hydrogens (tertiary/aromatic N) is 4. The molecular formula is C16H15N5O. The van der Waals surface area contributed by atoms with Crippen LogP contribution in [0.4, 0.5) is 0 Å². The number of aromatic nitrogens is 4. The second-order valence-electron chi connectivity index (χ2n) is 4.87. The number of amides is 1. The number of rotatable bonds is 4. The van der Waals surface area contributed by atoms with Gasteiger partial charge in [-0.25, -0.2) is 0 Å². The molecule has 0 bridgehead atoms. The lowest BCUT2D eigenvalue weighted by Gasteiger charge is -2.05. The fourth-order valence-electron chi connectivity index (χ4n) is 2.04. The Hall–Kier alpha value is -3.02. The van der Waals surface area contributed by atoms with Crippen LogP contribution in [0.1, 0.15) is 15.9 Å². The Bertz CT molecular complexity index is 765. The number of hydrogen-bond acceptors (Lipinski definition) is 4. The molecule has 0 aromatic carbocycles. The van der Waals surface area contributed by atoms with Crippen molar-refractivity contribution in [3.8, 4) is 11.3 Å². The first kappa shape index (κ1) is 13.9. The van der Waals surface area contributed by atoms with Gasteiger partial charge in [-0.1, -0.05) is 0 Å². The molecule has 0 spiro atoms. The van der Waals surface area contributed by atoms with Crippen molar-refractivity contribution in [2.75, 3.05) is 0 Å². The topological polar surface area (TPSA) is 72.7 Å². The predicted molar refractivity (Wildman–Crippen MR) is 81.8 cm³/mol. The van der Waals surface area contributed by atoms with Gasteiger partial charge in [-0.05, 0) is 29.8 Å². The second kappa shape index (κ2) is 6.17. The summed E-state index contributed by atoms with van der Waals surface area (Å²) in [6.45, 7) is 0.464. The smallest absolute Gasteiger partial charge is 0.253 e. The predicted octanol–water partition coefficient (Wildman–Crippen LogP) is 1.81. The van der Waals surface area contributed by atoms with E-state index >= 15 is 0 Å². The molecule has 3 aromatic rings. The van der Waals surface area contributed by atoms with Crippen molar-refractivity contribution in [1.29, 1.82) is 0 Å². The van der Waals surface area contributed by atoms with Crippen molar-refractivity contribution < 1.29 is 4.79 Å². The van der Waals surface area contributed by atoms with E-state index < -0.39 is 0 Å². The van der Waals surface area contributed by atoms with E-state index in [9.17, 15) is 4.79 Å². The van der Waals surface area contributed by atoms with Crippen molar-refractivity contribution in [1.82, 2.24) is 25.1 Å². The van der Waals surface area contributed by atoms with E-state index in [0.29, 0.717) is 12.1 Å². The van der Waals surface area contributed by atoms with Crippen LogP contribution in [-0.4, -0.2) is 25.7 Å². The average molecular weight is 293 g/mol. The molecule has 0 unspecified atom stereocenters. The minimum Gasteiger partial charge on any atom is -0.348 e. The Labute approximate surface area is 127 Å². The molecule has 0 radical (unpaired) electrons. The van der Waals surface area contributed by atoms with Crippen LogP contribution in [-0.2, 0) is 13.6 Å². The highest BCUT2D eigenvalue weighted by Crippen LogP contribution is 2.15. The summed E-state index contributed by atoms with van der Waals surface area (Å²) in [5.41, 5.74) is 3.25. The van der Waals surface area contributed by atoms with Gasteiger partial charge in [0.25, 0.3) is 5.91 Å². The molecule has 3 aromatic heterocycles. The standard InChI is InChI=1S/C16H15N5O/c1-21-11-14(10-20-21)15-3-2-13(9-18-15)16(22)19-8-12-4-6-17-7-5-12/h2-7,9-11H,8H2,1H3,(H,19,22). The lowest BCUT2D eigenvalue weighted by atomic mass is 10.2. The van der Waals surface area contributed by atoms with E-state index in [1.54, 1.807) is 35.5 Å². The van der Waals surface area contributed by atoms with E-state index in [-0.39, 0.29) is 5.91 Å². The van der Waals surface area contributed by atoms with E-state index in [4.69, 9.17) is 0 Å². The third-order valence-electron chi connectivity index (χ3n) is 3.23. The number of pyridine rings is 2. The van der Waals surface area contributed by atoms with Crippen LogP contribution in [0.25, 0.3) is 11.3 Å². The lowest BCUT2D eigenvalue weighted by Crippen LogP contribution is -2.22. The maximum atomic E-state index is 12.1. The molecule has 3 rings (SSSR count). The molecule has 0 atom stereocenters. The molecule has 1 amide bonds. The quantitative estimate of drug-likeness (QED) is 0.796. The van der Waals surface area contributed by atoms with Gasteiger partial charge >= 0.3 is 0 Å². The minimum atomic E-state index is -0.151. The van der Waals surface area contributed by atoms with E-state index in [1.165, 1.54) is 0 Å². The van der Waals surface area contributed by atoms with Gasteiger partial charge in [0.1, 0.15) is 0 Å². The molecule has 22 heavy (non-hydrogen) atoms. The normalized spacial score (nSPS) is 10.4. The van der Waals surface area contributed by atoms with Crippen molar-refractivity contribution >= 4 is 5.91 Å². The largest absolute Gasteiger partial charge is 0.348 e. The summed E-state index contributed by atoms with van der Waals surface area (Å²) < 4.78 is 1.71. The highest BCUT2D eigenvalue weighted by molar-refractivity contribution is 5.94. The second-order valence-corrected chi connectivity index (χ2v) is 4.87. The van der Waals surface area contributed by atoms with Crippen LogP contribution < -0.4 is 5.32 Å². The Kier molecular flexibility index (Phi) is 3.91. The van der Waals surface area contributed by atoms with Crippen LogP contribution in [0.3, 0.4) is 0 Å². The van der Waals surface area contributed by atoms with Crippen molar-refractivity contribution in [3.63, 3.8) is 0 Å². The Balaban J connectivity index is 1.66. The van der Waals surface area contributed by atoms with Gasteiger partial charge < -0.3 is 5.32 Å². The summed E-state index contributed by atoms with van der Waals surface area (Å²) in [7, 11) is 1.85. The first-order valence-electron chi connectivity index (χ1n) is 6.84. The van der Waals surface area contributed by atoms with Crippen LogP contribution in [0.2, 0.25) is 0 Å². The number of nitrogens with one attached hydrogen (secondary N) is 1. The van der Waals surface area contributed by atoms with Gasteiger partial charge in [-0.2, -0.15) is 5.10 Å². The molecule has 1 N–H and O–H groups in total. The third-order valence-corrected chi connectivity index (χ3v) is 3.23. The molecule has 0 aliphatic carbocycles. The zero-order valence-electron chi connectivity index (χ0n) is 12.1. The highest BCUT2D eigenvalue weighted by atomic mass is 16.1. The molecule has 0 fully saturated rings. The molecule has 0 aliphatic rings. The fraction of sp³-hybridized carbons (Fsp3) is 0.125. The Morgan fingerprint density at radius 1 is 1.18 bits per heavy atom. The van der Waals surface area contributed by atoms with Crippen LogP contribution in [0.5, 0.6) is 0 Å². The van der Waals surface area contributed by atoms with E-state index in [1.807, 2.05) is 31.4 Å². The Morgan fingerprint density at radius 3 is 2.64 bits per heavy atom. The van der Waals surface area contributed by atoms with E-state index in [0.717, 1.165) is 16.8 Å². The SMILES string of the molecule is Cn1cc(-c2ccc(C(=O)NCc3ccncc3)cn2)cn1. The highest BCUT2D eigenvalue weighted by Gasteiger charge is 2.07. The van der Waals surface area contributed by atoms with Gasteiger partial charge in [0.2, 0.25) is 0 Å². The first-order valence-corrected chi connectivity index (χ1v) is 6.84. The Morgan fingerprint density at radius 2 is 2.00 bits per heavy atom. The van der Waals surface area contributed by atoms with Gasteiger partial charge in [-0.3, -0.25) is 19.4 Å². The zero-order valence-corrected chi connectivity index (χ0v) is 12.1. The van der Waals surface area contributed by atoms with Crippen molar-refractivity contribution in [2.45, 2.75) is 6.54 Å². The number of carbonyl (C=O) groups excluding carboxylic acids is 1. The van der Waals surface area contributed by atoms with Crippen LogP contribution >= 0.6 is 0 Å². The third kappa shape index (κ3) is 3.17. The molecule has 0 aliphatic heterocycles. The van der Waals surface area contributed by atoms with Crippen LogP contribution in [0, 0.1) is 0 Å². The minimum absolute atomic E-state index is 0.151. The lowest BCUT2D eigenvalue weighted by molar-refractivity contribution is 0.0950. The van der Waals surface area contributed by atoms with Crippen molar-refractivity contribution in [2.24, 2.45) is 7.05 Å². The number of carbonyl (C=O) groups is 1. The number of hydrogen-bond donors (Lipinski definition) is 1. The summed E-state index contributed by atoms with van der Waals surface area (Å²) in [5, 5.41) is 6.96. The molecule has 110 valence electrons. The maximum Gasteiger partial charge on any atom is 0.253 e. The van der Waals surface area contributed by atoms with Crippen LogP contribution in [0.15, 0.2) is 55.2 Å². The van der Waals surface area contributed by atoms with E-state index in [2.05, 4.69) is 20.4 Å². The summed E-state index contributed by atoms with van der Waals surface area (Å²) in [6.07, 6.45) is 8.60. The molecule has 3 heterocycles. The molecule has 0 saturated carbocycles. The van der Waals surface area contributed by atoms with Gasteiger partial charge in [0.15, 0.2) is 0 Å². The molecule has 0 saturated heterocycles. The first-order chi connectivity index (χ1) is 10.7. The zero-order chi connectivity index (χ0) is 15.4. The molecular weight excluding hydrogens is 278 g/mol. The van der Waals surface area contributed by atoms with Crippen molar-refractivity contribution in [3.05, 3.63) is 66.4 Å². The monoisotopic (exact) mass is 293 g/mol.